The highest BCUT2D eigenvalue weighted by Gasteiger charge is 2.42. The summed E-state index contributed by atoms with van der Waals surface area (Å²) in [7, 11) is 1.86. The topological polar surface area (TPSA) is 25.2 Å². The zero-order valence-electron chi connectivity index (χ0n) is 11.0. The van der Waals surface area contributed by atoms with Gasteiger partial charge in [0.15, 0.2) is 0 Å². The third kappa shape index (κ3) is 3.75. The van der Waals surface area contributed by atoms with Gasteiger partial charge in [-0.3, -0.25) is 0 Å². The van der Waals surface area contributed by atoms with Gasteiger partial charge in [0.2, 0.25) is 0 Å². The third-order valence-corrected chi connectivity index (χ3v) is 4.18. The van der Waals surface area contributed by atoms with Gasteiger partial charge in [-0.05, 0) is 50.8 Å². The van der Waals surface area contributed by atoms with Crippen LogP contribution in [0.25, 0.3) is 0 Å². The first-order valence-electron chi connectivity index (χ1n) is 6.77. The Kier molecular flexibility index (Phi) is 4.55. The van der Waals surface area contributed by atoms with Crippen molar-refractivity contribution in [1.82, 2.24) is 5.32 Å². The molecule has 0 aliphatic heterocycles. The van der Waals surface area contributed by atoms with E-state index in [2.05, 4.69) is 5.32 Å². The summed E-state index contributed by atoms with van der Waals surface area (Å²) in [5, 5.41) is 3.22. The maximum atomic E-state index is 12.6. The molecule has 1 aliphatic carbocycles. The first kappa shape index (κ1) is 14.4. The lowest BCUT2D eigenvalue weighted by Crippen LogP contribution is -2.39. The van der Waals surface area contributed by atoms with Crippen LogP contribution in [0.4, 0.5) is 13.2 Å². The standard InChI is InChI=1S/C14H20F3NO/c1-18-13(9-12-3-2-8-19-12)10-4-6-11(7-5-10)14(15,16)17/h2-3,8,10-11,13,18H,4-7,9H2,1H3. The van der Waals surface area contributed by atoms with Crippen LogP contribution in [0.3, 0.4) is 0 Å². The number of hydrogen-bond donors (Lipinski definition) is 1. The van der Waals surface area contributed by atoms with Crippen LogP contribution < -0.4 is 5.32 Å². The van der Waals surface area contributed by atoms with Crippen LogP contribution in [-0.2, 0) is 6.42 Å². The summed E-state index contributed by atoms with van der Waals surface area (Å²) < 4.78 is 43.2. The maximum Gasteiger partial charge on any atom is 0.391 e. The van der Waals surface area contributed by atoms with Gasteiger partial charge in [0, 0.05) is 12.5 Å². The van der Waals surface area contributed by atoms with Gasteiger partial charge in [0.1, 0.15) is 5.76 Å². The van der Waals surface area contributed by atoms with Crippen molar-refractivity contribution in [3.8, 4) is 0 Å². The van der Waals surface area contributed by atoms with Crippen molar-refractivity contribution in [3.63, 3.8) is 0 Å². The van der Waals surface area contributed by atoms with Crippen molar-refractivity contribution in [3.05, 3.63) is 24.2 Å². The monoisotopic (exact) mass is 275 g/mol. The summed E-state index contributed by atoms with van der Waals surface area (Å²) in [6, 6.07) is 3.94. The zero-order valence-corrected chi connectivity index (χ0v) is 11.0. The quantitative estimate of drug-likeness (QED) is 0.904. The van der Waals surface area contributed by atoms with Crippen molar-refractivity contribution < 1.29 is 17.6 Å². The van der Waals surface area contributed by atoms with Crippen molar-refractivity contribution in [2.45, 2.75) is 44.3 Å². The number of rotatable bonds is 4. The summed E-state index contributed by atoms with van der Waals surface area (Å²) in [4.78, 5) is 0. The predicted molar refractivity (Wildman–Crippen MR) is 66.8 cm³/mol. The number of halogens is 3. The molecule has 0 aromatic carbocycles. The van der Waals surface area contributed by atoms with E-state index in [0.29, 0.717) is 18.8 Å². The SMILES string of the molecule is CNC(Cc1ccco1)C1CCC(C(F)(F)F)CC1. The minimum absolute atomic E-state index is 0.195. The molecule has 0 radical (unpaired) electrons. The molecule has 1 aromatic heterocycles. The van der Waals surface area contributed by atoms with E-state index in [4.69, 9.17) is 4.42 Å². The molecule has 0 saturated heterocycles. The molecule has 2 rings (SSSR count). The summed E-state index contributed by atoms with van der Waals surface area (Å²) in [5.74, 6) is 0.0795. The average Bonchev–Trinajstić information content (AvgIpc) is 2.88. The Bertz CT molecular complexity index is 367. The molecule has 1 unspecified atom stereocenters. The van der Waals surface area contributed by atoms with Crippen LogP contribution in [0.2, 0.25) is 0 Å². The summed E-state index contributed by atoms with van der Waals surface area (Å²) in [6.07, 6.45) is 0.121. The fourth-order valence-corrected chi connectivity index (χ4v) is 3.00. The van der Waals surface area contributed by atoms with E-state index >= 15 is 0 Å². The van der Waals surface area contributed by atoms with E-state index in [1.54, 1.807) is 6.26 Å². The lowest BCUT2D eigenvalue weighted by Gasteiger charge is -2.34. The fraction of sp³-hybridized carbons (Fsp3) is 0.714. The van der Waals surface area contributed by atoms with E-state index in [9.17, 15) is 13.2 Å². The number of furan rings is 1. The average molecular weight is 275 g/mol. The highest BCUT2D eigenvalue weighted by molar-refractivity contribution is 5.01. The lowest BCUT2D eigenvalue weighted by molar-refractivity contribution is -0.184. The smallest absolute Gasteiger partial charge is 0.391 e. The van der Waals surface area contributed by atoms with E-state index in [1.807, 2.05) is 19.2 Å². The predicted octanol–water partition coefficient (Wildman–Crippen LogP) is 3.78. The Balaban J connectivity index is 1.88. The van der Waals surface area contributed by atoms with Gasteiger partial charge in [-0.2, -0.15) is 13.2 Å². The summed E-state index contributed by atoms with van der Waals surface area (Å²) in [5.41, 5.74) is 0. The van der Waals surface area contributed by atoms with E-state index in [1.165, 1.54) is 0 Å². The largest absolute Gasteiger partial charge is 0.469 e. The summed E-state index contributed by atoms with van der Waals surface area (Å²) >= 11 is 0. The second kappa shape index (κ2) is 5.99. The summed E-state index contributed by atoms with van der Waals surface area (Å²) in [6.45, 7) is 0. The Hall–Kier alpha value is -0.970. The molecule has 0 amide bonds. The Morgan fingerprint density at radius 2 is 2.00 bits per heavy atom. The minimum Gasteiger partial charge on any atom is -0.469 e. The van der Waals surface area contributed by atoms with Crippen LogP contribution in [0.15, 0.2) is 22.8 Å². The molecule has 1 saturated carbocycles. The zero-order chi connectivity index (χ0) is 13.9. The van der Waals surface area contributed by atoms with Crippen LogP contribution in [0.1, 0.15) is 31.4 Å². The van der Waals surface area contributed by atoms with Crippen molar-refractivity contribution >= 4 is 0 Å². The minimum atomic E-state index is -4.03. The van der Waals surface area contributed by atoms with Gasteiger partial charge in [-0.25, -0.2) is 0 Å². The van der Waals surface area contributed by atoms with E-state index in [-0.39, 0.29) is 18.9 Å². The molecule has 1 fully saturated rings. The normalized spacial score (nSPS) is 26.3. The van der Waals surface area contributed by atoms with Crippen LogP contribution in [0, 0.1) is 11.8 Å². The molecule has 1 atom stereocenters. The molecule has 0 spiro atoms. The number of hydrogen-bond acceptors (Lipinski definition) is 2. The molecule has 5 heteroatoms. The Morgan fingerprint density at radius 3 is 2.47 bits per heavy atom. The molecular formula is C14H20F3NO. The van der Waals surface area contributed by atoms with E-state index in [0.717, 1.165) is 12.2 Å². The van der Waals surface area contributed by atoms with Crippen molar-refractivity contribution in [2.24, 2.45) is 11.8 Å². The second-order valence-electron chi connectivity index (χ2n) is 5.33. The fourth-order valence-electron chi connectivity index (χ4n) is 3.00. The van der Waals surface area contributed by atoms with Crippen LogP contribution in [-0.4, -0.2) is 19.3 Å². The second-order valence-corrected chi connectivity index (χ2v) is 5.33. The Labute approximate surface area is 111 Å². The highest BCUT2D eigenvalue weighted by Crippen LogP contribution is 2.40. The number of likely N-dealkylation sites (N-methyl/N-ethyl adjacent to an activating group) is 1. The van der Waals surface area contributed by atoms with Gasteiger partial charge in [-0.15, -0.1) is 0 Å². The van der Waals surface area contributed by atoms with Crippen molar-refractivity contribution in [1.29, 1.82) is 0 Å². The molecule has 108 valence electrons. The third-order valence-electron chi connectivity index (χ3n) is 4.18. The van der Waals surface area contributed by atoms with Crippen LogP contribution >= 0.6 is 0 Å². The molecule has 2 nitrogen and oxygen atoms in total. The highest BCUT2D eigenvalue weighted by atomic mass is 19.4. The maximum absolute atomic E-state index is 12.6. The Morgan fingerprint density at radius 1 is 1.32 bits per heavy atom. The molecule has 19 heavy (non-hydrogen) atoms. The van der Waals surface area contributed by atoms with Gasteiger partial charge < -0.3 is 9.73 Å². The van der Waals surface area contributed by atoms with Gasteiger partial charge in [0.05, 0.1) is 12.2 Å². The van der Waals surface area contributed by atoms with E-state index < -0.39 is 12.1 Å². The van der Waals surface area contributed by atoms with Gasteiger partial charge >= 0.3 is 6.18 Å². The van der Waals surface area contributed by atoms with Gasteiger partial charge in [0.25, 0.3) is 0 Å². The lowest BCUT2D eigenvalue weighted by atomic mass is 9.77. The first-order valence-corrected chi connectivity index (χ1v) is 6.77. The molecule has 1 aromatic rings. The number of alkyl halides is 3. The number of nitrogens with one attached hydrogen (secondary N) is 1. The van der Waals surface area contributed by atoms with Crippen molar-refractivity contribution in [2.75, 3.05) is 7.05 Å². The van der Waals surface area contributed by atoms with Crippen LogP contribution in [0.5, 0.6) is 0 Å². The molecule has 0 bridgehead atoms. The van der Waals surface area contributed by atoms with Gasteiger partial charge in [-0.1, -0.05) is 0 Å². The molecule has 1 aliphatic rings. The molecule has 1 N–H and O–H groups in total. The molecular weight excluding hydrogens is 255 g/mol. The first-order chi connectivity index (χ1) is 9.00. The molecule has 1 heterocycles.